The highest BCUT2D eigenvalue weighted by molar-refractivity contribution is 7.89. The molecule has 2 aromatic rings. The van der Waals surface area contributed by atoms with E-state index < -0.39 is 10.0 Å². The Balaban J connectivity index is 1.82. The van der Waals surface area contributed by atoms with Gasteiger partial charge in [0, 0.05) is 26.2 Å². The third-order valence-corrected chi connectivity index (χ3v) is 7.68. The molecule has 3 rings (SSSR count). The molecule has 1 amide bonds. The summed E-state index contributed by atoms with van der Waals surface area (Å²) >= 11 is 0. The highest BCUT2D eigenvalue weighted by Gasteiger charge is 2.33. The van der Waals surface area contributed by atoms with Crippen molar-refractivity contribution in [3.05, 3.63) is 52.0 Å². The van der Waals surface area contributed by atoms with Gasteiger partial charge in [-0.05, 0) is 62.9 Å². The summed E-state index contributed by atoms with van der Waals surface area (Å²) in [5, 5.41) is 0. The molecule has 2 heterocycles. The van der Waals surface area contributed by atoms with Gasteiger partial charge in [0.1, 0.15) is 5.76 Å². The first-order chi connectivity index (χ1) is 12.6. The number of rotatable bonds is 3. The van der Waals surface area contributed by atoms with Crippen LogP contribution in [0, 0.1) is 34.6 Å². The Bertz CT molecular complexity index is 957. The van der Waals surface area contributed by atoms with Crippen LogP contribution in [0.5, 0.6) is 0 Å². The molecule has 0 aliphatic carbocycles. The zero-order chi connectivity index (χ0) is 19.9. The lowest BCUT2D eigenvalue weighted by molar-refractivity contribution is 0.0696. The molecule has 0 atom stereocenters. The normalized spacial score (nSPS) is 16.0. The van der Waals surface area contributed by atoms with Crippen molar-refractivity contribution in [3.63, 3.8) is 0 Å². The third-order valence-electron chi connectivity index (χ3n) is 5.51. The molecule has 7 heteroatoms. The van der Waals surface area contributed by atoms with Crippen LogP contribution in [0.1, 0.15) is 38.4 Å². The van der Waals surface area contributed by atoms with E-state index in [9.17, 15) is 13.2 Å². The Kier molecular flexibility index (Phi) is 5.18. The van der Waals surface area contributed by atoms with Gasteiger partial charge in [-0.1, -0.05) is 6.07 Å². The van der Waals surface area contributed by atoms with Crippen molar-refractivity contribution in [2.45, 2.75) is 39.5 Å². The second-order valence-corrected chi connectivity index (χ2v) is 9.05. The van der Waals surface area contributed by atoms with E-state index >= 15 is 0 Å². The number of hydrogen-bond donors (Lipinski definition) is 0. The van der Waals surface area contributed by atoms with Gasteiger partial charge >= 0.3 is 0 Å². The smallest absolute Gasteiger partial charge is 0.257 e. The topological polar surface area (TPSA) is 70.8 Å². The van der Waals surface area contributed by atoms with Gasteiger partial charge < -0.3 is 9.32 Å². The van der Waals surface area contributed by atoms with Crippen molar-refractivity contribution >= 4 is 15.9 Å². The zero-order valence-corrected chi connectivity index (χ0v) is 17.3. The minimum atomic E-state index is -3.60. The molecule has 1 saturated heterocycles. The SMILES string of the molecule is Cc1cc(C)c(C)c(S(=O)(=O)N2CCN(C(=O)c3ccoc3C)CC2)c1C. The third kappa shape index (κ3) is 3.41. The van der Waals surface area contributed by atoms with Crippen molar-refractivity contribution in [1.82, 2.24) is 9.21 Å². The average Bonchev–Trinajstić information content (AvgIpc) is 3.05. The Labute approximate surface area is 160 Å². The number of carbonyl (C=O) groups is 1. The Morgan fingerprint density at radius 1 is 0.963 bits per heavy atom. The largest absolute Gasteiger partial charge is 0.469 e. The van der Waals surface area contributed by atoms with Crippen LogP contribution < -0.4 is 0 Å². The summed E-state index contributed by atoms with van der Waals surface area (Å²) in [5.41, 5.74) is 4.07. The van der Waals surface area contributed by atoms with Crippen molar-refractivity contribution < 1.29 is 17.6 Å². The van der Waals surface area contributed by atoms with Gasteiger partial charge in [-0.15, -0.1) is 0 Å². The lowest BCUT2D eigenvalue weighted by Crippen LogP contribution is -2.50. The number of piperazine rings is 1. The predicted octanol–water partition coefficient (Wildman–Crippen LogP) is 2.97. The summed E-state index contributed by atoms with van der Waals surface area (Å²) in [6.45, 7) is 10.6. The summed E-state index contributed by atoms with van der Waals surface area (Å²) in [7, 11) is -3.60. The monoisotopic (exact) mass is 390 g/mol. The molecule has 6 nitrogen and oxygen atoms in total. The van der Waals surface area contributed by atoms with Gasteiger partial charge in [0.05, 0.1) is 16.7 Å². The van der Waals surface area contributed by atoms with Crippen LogP contribution in [0.15, 0.2) is 27.7 Å². The first-order valence-electron chi connectivity index (χ1n) is 9.05. The number of carbonyl (C=O) groups excluding carboxylic acids is 1. The molecule has 0 unspecified atom stereocenters. The molecule has 1 fully saturated rings. The molecular formula is C20H26N2O4S. The van der Waals surface area contributed by atoms with Crippen LogP contribution in [0.25, 0.3) is 0 Å². The maximum absolute atomic E-state index is 13.3. The summed E-state index contributed by atoms with van der Waals surface area (Å²) < 4.78 is 33.3. The summed E-state index contributed by atoms with van der Waals surface area (Å²) in [4.78, 5) is 14.7. The van der Waals surface area contributed by atoms with Gasteiger partial charge in [0.2, 0.25) is 10.0 Å². The molecule has 1 aliphatic rings. The second kappa shape index (κ2) is 7.13. The minimum absolute atomic E-state index is 0.114. The van der Waals surface area contributed by atoms with Crippen molar-refractivity contribution in [2.75, 3.05) is 26.2 Å². The Morgan fingerprint density at radius 3 is 2.00 bits per heavy atom. The molecule has 0 radical (unpaired) electrons. The summed E-state index contributed by atoms with van der Waals surface area (Å²) in [6.07, 6.45) is 1.49. The number of furan rings is 1. The van der Waals surface area contributed by atoms with Gasteiger partial charge in [0.15, 0.2) is 0 Å². The number of sulfonamides is 1. The van der Waals surface area contributed by atoms with Crippen LogP contribution in [0.3, 0.4) is 0 Å². The number of amides is 1. The van der Waals surface area contributed by atoms with Crippen LogP contribution in [-0.2, 0) is 10.0 Å². The molecule has 0 saturated carbocycles. The van der Waals surface area contributed by atoms with E-state index in [1.54, 1.807) is 17.9 Å². The lowest BCUT2D eigenvalue weighted by atomic mass is 10.0. The van der Waals surface area contributed by atoms with E-state index in [1.807, 2.05) is 33.8 Å². The fourth-order valence-corrected chi connectivity index (χ4v) is 5.60. The van der Waals surface area contributed by atoms with E-state index in [2.05, 4.69) is 0 Å². The zero-order valence-electron chi connectivity index (χ0n) is 16.5. The highest BCUT2D eigenvalue weighted by Crippen LogP contribution is 2.29. The molecule has 0 spiro atoms. The Hall–Kier alpha value is -2.12. The van der Waals surface area contributed by atoms with Gasteiger partial charge in [-0.3, -0.25) is 4.79 Å². The first-order valence-corrected chi connectivity index (χ1v) is 10.5. The van der Waals surface area contributed by atoms with Crippen LogP contribution in [0.4, 0.5) is 0 Å². The van der Waals surface area contributed by atoms with Gasteiger partial charge in [0.25, 0.3) is 5.91 Å². The first kappa shape index (κ1) is 19.6. The van der Waals surface area contributed by atoms with Crippen LogP contribution >= 0.6 is 0 Å². The highest BCUT2D eigenvalue weighted by atomic mass is 32.2. The van der Waals surface area contributed by atoms with Crippen LogP contribution in [0.2, 0.25) is 0 Å². The van der Waals surface area contributed by atoms with Crippen molar-refractivity contribution in [3.8, 4) is 0 Å². The standard InChI is InChI=1S/C20H26N2O4S/c1-13-12-14(2)16(4)19(15(13)3)27(24,25)22-9-7-21(8-10-22)20(23)18-6-11-26-17(18)5/h6,11-12H,7-10H2,1-5H3. The number of hydrogen-bond acceptors (Lipinski definition) is 4. The van der Waals surface area contributed by atoms with Gasteiger partial charge in [-0.2, -0.15) is 4.31 Å². The maximum atomic E-state index is 13.3. The molecule has 0 bridgehead atoms. The van der Waals surface area contributed by atoms with Crippen molar-refractivity contribution in [1.29, 1.82) is 0 Å². The van der Waals surface area contributed by atoms with Gasteiger partial charge in [-0.25, -0.2) is 8.42 Å². The maximum Gasteiger partial charge on any atom is 0.257 e. The Morgan fingerprint density at radius 2 is 1.52 bits per heavy atom. The van der Waals surface area contributed by atoms with E-state index in [0.717, 1.165) is 22.3 Å². The number of nitrogens with zero attached hydrogens (tertiary/aromatic N) is 2. The van der Waals surface area contributed by atoms with E-state index in [4.69, 9.17) is 4.42 Å². The van der Waals surface area contributed by atoms with Crippen molar-refractivity contribution in [2.24, 2.45) is 0 Å². The van der Waals surface area contributed by atoms with E-state index in [0.29, 0.717) is 29.3 Å². The second-order valence-electron chi connectivity index (χ2n) is 7.18. The molecule has 146 valence electrons. The minimum Gasteiger partial charge on any atom is -0.469 e. The molecular weight excluding hydrogens is 364 g/mol. The van der Waals surface area contributed by atoms with E-state index in [1.165, 1.54) is 10.6 Å². The quantitative estimate of drug-likeness (QED) is 0.808. The van der Waals surface area contributed by atoms with Crippen LogP contribution in [-0.4, -0.2) is 49.7 Å². The fourth-order valence-electron chi connectivity index (χ4n) is 3.61. The molecule has 1 aromatic heterocycles. The summed E-state index contributed by atoms with van der Waals surface area (Å²) in [5.74, 6) is 0.466. The molecule has 1 aromatic carbocycles. The fraction of sp³-hybridized carbons (Fsp3) is 0.450. The predicted molar refractivity (Wildman–Crippen MR) is 103 cm³/mol. The van der Waals surface area contributed by atoms with E-state index in [-0.39, 0.29) is 19.0 Å². The number of aryl methyl sites for hydroxylation is 3. The average molecular weight is 391 g/mol. The summed E-state index contributed by atoms with van der Waals surface area (Å²) in [6, 6.07) is 3.68. The number of benzene rings is 1. The molecule has 0 N–H and O–H groups in total. The lowest BCUT2D eigenvalue weighted by Gasteiger charge is -2.34. The molecule has 1 aliphatic heterocycles. The molecule has 27 heavy (non-hydrogen) atoms.